The summed E-state index contributed by atoms with van der Waals surface area (Å²) in [6.45, 7) is 0. The lowest BCUT2D eigenvalue weighted by molar-refractivity contribution is -0.115. The molecule has 2 aromatic rings. The molecule has 5 heteroatoms. The Balaban J connectivity index is 1.46. The molecule has 0 unspecified atom stereocenters. The van der Waals surface area contributed by atoms with Crippen molar-refractivity contribution in [1.82, 2.24) is 5.32 Å². The number of fused-ring (bicyclic) bond motifs is 1. The predicted octanol–water partition coefficient (Wildman–Crippen LogP) is 4.90. The number of hydrogen-bond donors (Lipinski definition) is 2. The van der Waals surface area contributed by atoms with Gasteiger partial charge in [0, 0.05) is 11.6 Å². The van der Waals surface area contributed by atoms with Crippen LogP contribution >= 0.6 is 0 Å². The molecule has 1 aliphatic carbocycles. The van der Waals surface area contributed by atoms with Crippen LogP contribution in [0.3, 0.4) is 0 Å². The molecule has 0 radical (unpaired) electrons. The van der Waals surface area contributed by atoms with Crippen molar-refractivity contribution in [2.24, 2.45) is 0 Å². The highest BCUT2D eigenvalue weighted by molar-refractivity contribution is 6.09. The zero-order valence-electron chi connectivity index (χ0n) is 16.4. The molecule has 0 bridgehead atoms. The number of rotatable bonds is 3. The minimum absolute atomic E-state index is 0.0988. The molecule has 2 amide bonds. The van der Waals surface area contributed by atoms with E-state index in [1.54, 1.807) is 24.3 Å². The fraction of sp³-hybridized carbons (Fsp3) is 0.333. The summed E-state index contributed by atoms with van der Waals surface area (Å²) in [6, 6.07) is 14.9. The highest BCUT2D eigenvalue weighted by atomic mass is 16.5. The van der Waals surface area contributed by atoms with E-state index in [0.29, 0.717) is 17.0 Å². The SMILES string of the molecule is O=C1Nc2cc(C(=O)NC3CCCCCCC3)ccc2OC1=Cc1ccccc1. The summed E-state index contributed by atoms with van der Waals surface area (Å²) in [5.41, 5.74) is 1.94. The summed E-state index contributed by atoms with van der Waals surface area (Å²) in [4.78, 5) is 25.1. The Morgan fingerprint density at radius 2 is 1.72 bits per heavy atom. The van der Waals surface area contributed by atoms with E-state index in [9.17, 15) is 9.59 Å². The van der Waals surface area contributed by atoms with Crippen molar-refractivity contribution in [3.05, 3.63) is 65.4 Å². The van der Waals surface area contributed by atoms with E-state index < -0.39 is 0 Å². The van der Waals surface area contributed by atoms with Crippen LogP contribution in [0.4, 0.5) is 5.69 Å². The van der Waals surface area contributed by atoms with E-state index in [2.05, 4.69) is 10.6 Å². The number of anilines is 1. The fourth-order valence-corrected chi connectivity index (χ4v) is 3.87. The maximum absolute atomic E-state index is 12.7. The van der Waals surface area contributed by atoms with Gasteiger partial charge in [-0.3, -0.25) is 9.59 Å². The summed E-state index contributed by atoms with van der Waals surface area (Å²) < 4.78 is 5.78. The Morgan fingerprint density at radius 1 is 1.00 bits per heavy atom. The van der Waals surface area contributed by atoms with Crippen LogP contribution in [0, 0.1) is 0 Å². The third kappa shape index (κ3) is 4.86. The molecule has 2 aliphatic rings. The van der Waals surface area contributed by atoms with Crippen molar-refractivity contribution >= 4 is 23.6 Å². The second-order valence-electron chi connectivity index (χ2n) is 7.70. The second kappa shape index (κ2) is 8.95. The molecule has 4 rings (SSSR count). The topological polar surface area (TPSA) is 67.4 Å². The summed E-state index contributed by atoms with van der Waals surface area (Å²) in [5.74, 6) is 0.349. The third-order valence-electron chi connectivity index (χ3n) is 5.47. The van der Waals surface area contributed by atoms with Gasteiger partial charge < -0.3 is 15.4 Å². The largest absolute Gasteiger partial charge is 0.449 e. The second-order valence-corrected chi connectivity index (χ2v) is 7.70. The maximum Gasteiger partial charge on any atom is 0.291 e. The molecule has 0 spiro atoms. The molecule has 2 aromatic carbocycles. The number of carbonyl (C=O) groups is 2. The molecule has 29 heavy (non-hydrogen) atoms. The molecule has 1 heterocycles. The number of hydrogen-bond acceptors (Lipinski definition) is 3. The van der Waals surface area contributed by atoms with Gasteiger partial charge in [-0.15, -0.1) is 0 Å². The number of carbonyl (C=O) groups excluding carboxylic acids is 2. The van der Waals surface area contributed by atoms with Crippen LogP contribution < -0.4 is 15.4 Å². The fourth-order valence-electron chi connectivity index (χ4n) is 3.87. The Hall–Kier alpha value is -3.08. The lowest BCUT2D eigenvalue weighted by atomic mass is 9.96. The van der Waals surface area contributed by atoms with Gasteiger partial charge in [0.25, 0.3) is 11.8 Å². The lowest BCUT2D eigenvalue weighted by Gasteiger charge is -2.23. The Labute approximate surface area is 171 Å². The number of benzene rings is 2. The van der Waals surface area contributed by atoms with Crippen molar-refractivity contribution in [3.8, 4) is 5.75 Å². The highest BCUT2D eigenvalue weighted by Crippen LogP contribution is 2.32. The Morgan fingerprint density at radius 3 is 2.48 bits per heavy atom. The molecule has 0 saturated heterocycles. The summed E-state index contributed by atoms with van der Waals surface area (Å²) in [5, 5.41) is 5.99. The Kier molecular flexibility index (Phi) is 5.94. The molecule has 0 aromatic heterocycles. The van der Waals surface area contributed by atoms with Crippen LogP contribution in [0.1, 0.15) is 60.9 Å². The van der Waals surface area contributed by atoms with Crippen molar-refractivity contribution in [1.29, 1.82) is 0 Å². The maximum atomic E-state index is 12.7. The molecule has 150 valence electrons. The van der Waals surface area contributed by atoms with Crippen molar-refractivity contribution < 1.29 is 14.3 Å². The molecular formula is C24H26N2O3. The van der Waals surface area contributed by atoms with Crippen LogP contribution in [0.2, 0.25) is 0 Å². The van der Waals surface area contributed by atoms with Gasteiger partial charge in [-0.05, 0) is 42.7 Å². The summed E-state index contributed by atoms with van der Waals surface area (Å²) >= 11 is 0. The molecule has 1 aliphatic heterocycles. The van der Waals surface area contributed by atoms with Crippen LogP contribution in [0.15, 0.2) is 54.3 Å². The lowest BCUT2D eigenvalue weighted by Crippen LogP contribution is -2.35. The minimum atomic E-state index is -0.320. The van der Waals surface area contributed by atoms with E-state index in [0.717, 1.165) is 31.2 Å². The van der Waals surface area contributed by atoms with Gasteiger partial charge in [0.2, 0.25) is 0 Å². The van der Waals surface area contributed by atoms with Gasteiger partial charge in [0.1, 0.15) is 0 Å². The number of nitrogens with one attached hydrogen (secondary N) is 2. The average molecular weight is 390 g/mol. The standard InChI is InChI=1S/C24H26N2O3/c27-23(25-19-11-7-2-1-3-8-12-19)18-13-14-21-20(16-18)26-24(28)22(29-21)15-17-9-5-4-6-10-17/h4-6,9-10,13-16,19H,1-3,7-8,11-12H2,(H,25,27)(H,26,28). The molecule has 1 fully saturated rings. The van der Waals surface area contributed by atoms with Gasteiger partial charge in [-0.2, -0.15) is 0 Å². The summed E-state index contributed by atoms with van der Waals surface area (Å²) in [6.07, 6.45) is 9.87. The van der Waals surface area contributed by atoms with Crippen LogP contribution in [0.5, 0.6) is 5.75 Å². The van der Waals surface area contributed by atoms with E-state index in [1.165, 1.54) is 19.3 Å². The first kappa shape index (κ1) is 19.2. The molecule has 5 nitrogen and oxygen atoms in total. The molecular weight excluding hydrogens is 364 g/mol. The first-order valence-corrected chi connectivity index (χ1v) is 10.4. The van der Waals surface area contributed by atoms with E-state index in [1.807, 2.05) is 30.3 Å². The van der Waals surface area contributed by atoms with E-state index in [-0.39, 0.29) is 23.6 Å². The van der Waals surface area contributed by atoms with Gasteiger partial charge >= 0.3 is 0 Å². The predicted molar refractivity (Wildman–Crippen MR) is 114 cm³/mol. The highest BCUT2D eigenvalue weighted by Gasteiger charge is 2.24. The normalized spacial score (nSPS) is 18.8. The third-order valence-corrected chi connectivity index (χ3v) is 5.47. The van der Waals surface area contributed by atoms with E-state index in [4.69, 9.17) is 4.74 Å². The van der Waals surface area contributed by atoms with E-state index >= 15 is 0 Å². The number of ether oxygens (including phenoxy) is 1. The van der Waals surface area contributed by atoms with Crippen molar-refractivity contribution in [2.75, 3.05) is 5.32 Å². The van der Waals surface area contributed by atoms with Crippen molar-refractivity contribution in [2.45, 2.75) is 51.0 Å². The van der Waals surface area contributed by atoms with Crippen molar-refractivity contribution in [3.63, 3.8) is 0 Å². The van der Waals surface area contributed by atoms with Crippen LogP contribution in [0.25, 0.3) is 6.08 Å². The Bertz CT molecular complexity index is 913. The van der Waals surface area contributed by atoms with Gasteiger partial charge in [0.05, 0.1) is 5.69 Å². The van der Waals surface area contributed by atoms with Gasteiger partial charge in [-0.1, -0.05) is 62.4 Å². The molecule has 2 N–H and O–H groups in total. The van der Waals surface area contributed by atoms with Gasteiger partial charge in [0.15, 0.2) is 11.5 Å². The zero-order chi connectivity index (χ0) is 20.1. The molecule has 0 atom stereocenters. The van der Waals surface area contributed by atoms with Gasteiger partial charge in [-0.25, -0.2) is 0 Å². The van der Waals surface area contributed by atoms with Crippen LogP contribution in [-0.4, -0.2) is 17.9 Å². The zero-order valence-corrected chi connectivity index (χ0v) is 16.4. The number of amides is 2. The van der Waals surface area contributed by atoms with Crippen LogP contribution in [-0.2, 0) is 4.79 Å². The summed E-state index contributed by atoms with van der Waals surface area (Å²) in [7, 11) is 0. The quantitative estimate of drug-likeness (QED) is 0.733. The first-order chi connectivity index (χ1) is 14.2. The smallest absolute Gasteiger partial charge is 0.291 e. The minimum Gasteiger partial charge on any atom is -0.449 e. The molecule has 1 saturated carbocycles. The monoisotopic (exact) mass is 390 g/mol. The average Bonchev–Trinajstić information content (AvgIpc) is 2.71. The first-order valence-electron chi connectivity index (χ1n) is 10.4.